The van der Waals surface area contributed by atoms with Crippen LogP contribution in [0.1, 0.15) is 25.0 Å². The Hall–Kier alpha value is -3.06. The van der Waals surface area contributed by atoms with E-state index < -0.39 is 0 Å². The summed E-state index contributed by atoms with van der Waals surface area (Å²) in [4.78, 5) is 2.37. The first-order chi connectivity index (χ1) is 13.3. The highest BCUT2D eigenvalue weighted by Crippen LogP contribution is 2.30. The van der Waals surface area contributed by atoms with E-state index in [-0.39, 0.29) is 0 Å². The number of hydrogen-bond acceptors (Lipinski definition) is 1. The van der Waals surface area contributed by atoms with Crippen LogP contribution >= 0.6 is 0 Å². The van der Waals surface area contributed by atoms with E-state index in [0.29, 0.717) is 0 Å². The molecule has 0 atom stereocenters. The highest BCUT2D eigenvalue weighted by Gasteiger charge is 2.05. The Morgan fingerprint density at radius 3 is 1.78 bits per heavy atom. The molecule has 0 bridgehead atoms. The maximum Gasteiger partial charge on any atom is 0.0366 e. The molecular formula is C26H25N. The van der Waals surface area contributed by atoms with Crippen molar-refractivity contribution < 1.29 is 0 Å². The maximum atomic E-state index is 2.37. The zero-order valence-electron chi connectivity index (χ0n) is 16.0. The van der Waals surface area contributed by atoms with Crippen molar-refractivity contribution >= 4 is 39.4 Å². The molecule has 4 aromatic rings. The summed E-state index contributed by atoms with van der Waals surface area (Å²) in [5, 5.41) is 5.17. The van der Waals surface area contributed by atoms with Crippen LogP contribution in [0, 0.1) is 0 Å². The second kappa shape index (κ2) is 7.67. The van der Waals surface area contributed by atoms with Crippen LogP contribution in [0.5, 0.6) is 0 Å². The van der Waals surface area contributed by atoms with Gasteiger partial charge in [0.2, 0.25) is 0 Å². The lowest BCUT2D eigenvalue weighted by molar-refractivity contribution is 0.866. The summed E-state index contributed by atoms with van der Waals surface area (Å²) in [5.41, 5.74) is 3.80. The summed E-state index contributed by atoms with van der Waals surface area (Å²) in [6.45, 7) is 6.47. The molecule has 1 heteroatoms. The van der Waals surface area contributed by atoms with Crippen LogP contribution in [0.15, 0.2) is 78.9 Å². The SMILES string of the molecule is CCN(CC)c1ccc(/C=C/c2c3ccccc3cc3ccccc23)cc1. The van der Waals surface area contributed by atoms with Crippen molar-refractivity contribution in [1.29, 1.82) is 0 Å². The molecule has 1 nitrogen and oxygen atoms in total. The third-order valence-corrected chi connectivity index (χ3v) is 5.28. The fourth-order valence-corrected chi connectivity index (χ4v) is 3.79. The molecule has 0 amide bonds. The lowest BCUT2D eigenvalue weighted by atomic mass is 9.96. The second-order valence-corrected chi connectivity index (χ2v) is 6.83. The molecule has 0 spiro atoms. The number of hydrogen-bond donors (Lipinski definition) is 0. The molecule has 0 radical (unpaired) electrons. The summed E-state index contributed by atoms with van der Waals surface area (Å²) >= 11 is 0. The van der Waals surface area contributed by atoms with Crippen LogP contribution in [-0.4, -0.2) is 13.1 Å². The lowest BCUT2D eigenvalue weighted by Crippen LogP contribution is -2.21. The monoisotopic (exact) mass is 351 g/mol. The smallest absolute Gasteiger partial charge is 0.0366 e. The fourth-order valence-electron chi connectivity index (χ4n) is 3.79. The second-order valence-electron chi connectivity index (χ2n) is 6.83. The van der Waals surface area contributed by atoms with Crippen molar-refractivity contribution in [2.75, 3.05) is 18.0 Å². The molecule has 0 aliphatic heterocycles. The van der Waals surface area contributed by atoms with Crippen LogP contribution in [0.2, 0.25) is 0 Å². The van der Waals surface area contributed by atoms with Gasteiger partial charge in [-0.2, -0.15) is 0 Å². The van der Waals surface area contributed by atoms with E-state index in [1.165, 1.54) is 38.4 Å². The van der Waals surface area contributed by atoms with E-state index >= 15 is 0 Å². The molecule has 0 N–H and O–H groups in total. The molecule has 0 saturated carbocycles. The van der Waals surface area contributed by atoms with Gasteiger partial charge in [0.25, 0.3) is 0 Å². The molecule has 0 aliphatic rings. The Morgan fingerprint density at radius 2 is 1.22 bits per heavy atom. The van der Waals surface area contributed by atoms with E-state index in [0.717, 1.165) is 13.1 Å². The molecule has 0 heterocycles. The molecule has 0 fully saturated rings. The Bertz CT molecular complexity index is 1030. The fraction of sp³-hybridized carbons (Fsp3) is 0.154. The van der Waals surface area contributed by atoms with Crippen molar-refractivity contribution in [1.82, 2.24) is 0 Å². The molecule has 0 aromatic heterocycles. The highest BCUT2D eigenvalue weighted by atomic mass is 15.1. The number of rotatable bonds is 5. The molecule has 4 rings (SSSR count). The third kappa shape index (κ3) is 3.46. The van der Waals surface area contributed by atoms with Crippen molar-refractivity contribution in [2.45, 2.75) is 13.8 Å². The topological polar surface area (TPSA) is 3.24 Å². The number of fused-ring (bicyclic) bond motifs is 2. The van der Waals surface area contributed by atoms with Gasteiger partial charge in [-0.3, -0.25) is 0 Å². The van der Waals surface area contributed by atoms with Gasteiger partial charge in [-0.1, -0.05) is 72.8 Å². The number of nitrogens with zero attached hydrogens (tertiary/aromatic N) is 1. The number of anilines is 1. The van der Waals surface area contributed by atoms with Gasteiger partial charge in [-0.25, -0.2) is 0 Å². The van der Waals surface area contributed by atoms with E-state index in [1.807, 2.05) is 0 Å². The van der Waals surface area contributed by atoms with Crippen molar-refractivity contribution in [3.05, 3.63) is 90.0 Å². The van der Waals surface area contributed by atoms with Gasteiger partial charge in [-0.15, -0.1) is 0 Å². The largest absolute Gasteiger partial charge is 0.372 e. The summed E-state index contributed by atoms with van der Waals surface area (Å²) in [6.07, 6.45) is 4.48. The van der Waals surface area contributed by atoms with Gasteiger partial charge in [0.1, 0.15) is 0 Å². The van der Waals surface area contributed by atoms with E-state index in [9.17, 15) is 0 Å². The molecule has 0 aliphatic carbocycles. The third-order valence-electron chi connectivity index (χ3n) is 5.28. The molecule has 27 heavy (non-hydrogen) atoms. The van der Waals surface area contributed by atoms with Gasteiger partial charge in [0, 0.05) is 18.8 Å². The predicted molar refractivity (Wildman–Crippen MR) is 120 cm³/mol. The van der Waals surface area contributed by atoms with Crippen molar-refractivity contribution in [3.8, 4) is 0 Å². The van der Waals surface area contributed by atoms with Gasteiger partial charge in [0.15, 0.2) is 0 Å². The molecule has 0 unspecified atom stereocenters. The van der Waals surface area contributed by atoms with E-state index in [2.05, 4.69) is 110 Å². The van der Waals surface area contributed by atoms with Gasteiger partial charge in [0.05, 0.1) is 0 Å². The minimum Gasteiger partial charge on any atom is -0.372 e. The predicted octanol–water partition coefficient (Wildman–Crippen LogP) is 7.01. The minimum absolute atomic E-state index is 1.04. The highest BCUT2D eigenvalue weighted by molar-refractivity contribution is 6.07. The quantitative estimate of drug-likeness (QED) is 0.276. The first-order valence-electron chi connectivity index (χ1n) is 9.73. The summed E-state index contributed by atoms with van der Waals surface area (Å²) in [5.74, 6) is 0. The van der Waals surface area contributed by atoms with Crippen LogP contribution in [0.25, 0.3) is 33.7 Å². The average molecular weight is 351 g/mol. The molecule has 4 aromatic carbocycles. The Labute approximate surface area is 161 Å². The Kier molecular flexibility index (Phi) is 4.93. The van der Waals surface area contributed by atoms with E-state index in [1.54, 1.807) is 0 Å². The zero-order chi connectivity index (χ0) is 18.6. The van der Waals surface area contributed by atoms with Crippen molar-refractivity contribution in [3.63, 3.8) is 0 Å². The van der Waals surface area contributed by atoms with Gasteiger partial charge < -0.3 is 4.90 Å². The Balaban J connectivity index is 1.76. The number of benzene rings is 4. The first-order valence-corrected chi connectivity index (χ1v) is 9.73. The Morgan fingerprint density at radius 1 is 0.667 bits per heavy atom. The van der Waals surface area contributed by atoms with Crippen LogP contribution in [0.4, 0.5) is 5.69 Å². The summed E-state index contributed by atoms with van der Waals surface area (Å²) in [6, 6.07) is 28.4. The minimum atomic E-state index is 1.04. The van der Waals surface area contributed by atoms with Gasteiger partial charge >= 0.3 is 0 Å². The standard InChI is InChI=1S/C26H25N/c1-3-27(4-2)23-16-13-20(14-17-23)15-18-26-24-11-7-5-9-21(24)19-22-10-6-8-12-25(22)26/h5-19H,3-4H2,1-2H3/b18-15+. The average Bonchev–Trinajstić information content (AvgIpc) is 2.73. The summed E-state index contributed by atoms with van der Waals surface area (Å²) < 4.78 is 0. The normalized spacial score (nSPS) is 11.5. The first kappa shape index (κ1) is 17.4. The van der Waals surface area contributed by atoms with Crippen molar-refractivity contribution in [2.24, 2.45) is 0 Å². The molecule has 0 saturated heterocycles. The zero-order valence-corrected chi connectivity index (χ0v) is 16.0. The lowest BCUT2D eigenvalue weighted by Gasteiger charge is -2.20. The van der Waals surface area contributed by atoms with Gasteiger partial charge in [-0.05, 0) is 64.7 Å². The van der Waals surface area contributed by atoms with Crippen LogP contribution in [0.3, 0.4) is 0 Å². The van der Waals surface area contributed by atoms with Crippen LogP contribution < -0.4 is 4.90 Å². The summed E-state index contributed by atoms with van der Waals surface area (Å²) in [7, 11) is 0. The molecule has 134 valence electrons. The maximum absolute atomic E-state index is 2.37. The van der Waals surface area contributed by atoms with E-state index in [4.69, 9.17) is 0 Å². The van der Waals surface area contributed by atoms with Crippen LogP contribution in [-0.2, 0) is 0 Å². The molecular weight excluding hydrogens is 326 g/mol.